The number of hydrogen-bond acceptors (Lipinski definition) is 4. The van der Waals surface area contributed by atoms with E-state index in [2.05, 4.69) is 80.1 Å². The van der Waals surface area contributed by atoms with Crippen LogP contribution in [0.4, 0.5) is 5.69 Å². The first kappa shape index (κ1) is 28.6. The zero-order chi connectivity index (χ0) is 21.6. The second kappa shape index (κ2) is 12.7. The predicted octanol–water partition coefficient (Wildman–Crippen LogP) is 5.95. The summed E-state index contributed by atoms with van der Waals surface area (Å²) in [7, 11) is 2.10. The quantitative estimate of drug-likeness (QED) is 0.478. The molecule has 6 heteroatoms. The Bertz CT molecular complexity index is 776. The minimum Gasteiger partial charge on any atom is -0.488 e. The molecule has 32 heavy (non-hydrogen) atoms. The Morgan fingerprint density at radius 3 is 2.16 bits per heavy atom. The van der Waals surface area contributed by atoms with E-state index in [-0.39, 0.29) is 30.4 Å². The molecule has 2 aromatic rings. The summed E-state index contributed by atoms with van der Waals surface area (Å²) in [6, 6.07) is 18.9. The van der Waals surface area contributed by atoms with E-state index >= 15 is 0 Å². The molecule has 0 atom stereocenters. The van der Waals surface area contributed by atoms with Crippen molar-refractivity contribution in [3.05, 3.63) is 60.2 Å². The van der Waals surface area contributed by atoms with Gasteiger partial charge in [0.05, 0.1) is 5.60 Å². The van der Waals surface area contributed by atoms with Gasteiger partial charge in [0, 0.05) is 38.9 Å². The monoisotopic (exact) mass is 482 g/mol. The zero-order valence-corrected chi connectivity index (χ0v) is 21.6. The fourth-order valence-electron chi connectivity index (χ4n) is 3.88. The summed E-state index contributed by atoms with van der Waals surface area (Å²) in [4.78, 5) is 4.67. The van der Waals surface area contributed by atoms with E-state index < -0.39 is 5.60 Å². The molecule has 1 N–H and O–H groups in total. The predicted molar refractivity (Wildman–Crippen MR) is 140 cm³/mol. The average molecular weight is 484 g/mol. The molecule has 1 aliphatic rings. The molecule has 1 fully saturated rings. The van der Waals surface area contributed by atoms with Crippen LogP contribution in [0.5, 0.6) is 5.75 Å². The lowest BCUT2D eigenvalue weighted by molar-refractivity contribution is -0.0275. The molecule has 0 saturated carbocycles. The van der Waals surface area contributed by atoms with Crippen LogP contribution in [0.1, 0.15) is 52.0 Å². The fraction of sp³-hybridized carbons (Fsp3) is 0.538. The number of hydrogen-bond donors (Lipinski definition) is 1. The molecule has 4 nitrogen and oxygen atoms in total. The van der Waals surface area contributed by atoms with Gasteiger partial charge in [0.2, 0.25) is 0 Å². The number of nitrogens with zero attached hydrogens (tertiary/aromatic N) is 2. The summed E-state index contributed by atoms with van der Waals surface area (Å²) in [5.41, 5.74) is 1.79. The Labute approximate surface area is 206 Å². The maximum atomic E-state index is 11.1. The van der Waals surface area contributed by atoms with Crippen LogP contribution in [-0.4, -0.2) is 47.9 Å². The zero-order valence-electron chi connectivity index (χ0n) is 19.9. The highest BCUT2D eigenvalue weighted by atomic mass is 35.5. The van der Waals surface area contributed by atoms with E-state index in [4.69, 9.17) is 4.74 Å². The molecule has 0 aromatic heterocycles. The average Bonchev–Trinajstić information content (AvgIpc) is 2.75. The van der Waals surface area contributed by atoms with E-state index in [1.54, 1.807) is 0 Å². The minimum atomic E-state index is -0.560. The highest BCUT2D eigenvalue weighted by Crippen LogP contribution is 2.28. The third-order valence-corrected chi connectivity index (χ3v) is 6.47. The van der Waals surface area contributed by atoms with Crippen molar-refractivity contribution in [3.8, 4) is 5.75 Å². The number of halogens is 2. The van der Waals surface area contributed by atoms with Gasteiger partial charge in [-0.05, 0) is 69.4 Å². The maximum Gasteiger partial charge on any atom is 0.120 e. The molecule has 1 aliphatic heterocycles. The van der Waals surface area contributed by atoms with Crippen molar-refractivity contribution in [2.24, 2.45) is 0 Å². The first-order chi connectivity index (χ1) is 14.3. The second-order valence-electron chi connectivity index (χ2n) is 9.37. The van der Waals surface area contributed by atoms with Crippen molar-refractivity contribution < 1.29 is 9.84 Å². The number of rotatable bonds is 9. The Morgan fingerprint density at radius 2 is 1.59 bits per heavy atom. The summed E-state index contributed by atoms with van der Waals surface area (Å²) >= 11 is 0. The first-order valence-corrected chi connectivity index (χ1v) is 11.3. The van der Waals surface area contributed by atoms with Gasteiger partial charge in [0.25, 0.3) is 0 Å². The van der Waals surface area contributed by atoms with Gasteiger partial charge in [0.15, 0.2) is 0 Å². The molecule has 0 spiro atoms. The number of benzene rings is 2. The van der Waals surface area contributed by atoms with E-state index in [1.165, 1.54) is 5.56 Å². The lowest BCUT2D eigenvalue weighted by Gasteiger charge is -2.39. The van der Waals surface area contributed by atoms with Crippen LogP contribution in [0.3, 0.4) is 0 Å². The molecule has 180 valence electrons. The maximum absolute atomic E-state index is 11.1. The van der Waals surface area contributed by atoms with Gasteiger partial charge in [-0.1, -0.05) is 37.3 Å². The molecule has 0 radical (unpaired) electrons. The Kier molecular flexibility index (Phi) is 11.3. The summed E-state index contributed by atoms with van der Waals surface area (Å²) in [5.74, 6) is 0.906. The number of aliphatic hydroxyl groups is 1. The van der Waals surface area contributed by atoms with Gasteiger partial charge in [-0.25, -0.2) is 0 Å². The fourth-order valence-corrected chi connectivity index (χ4v) is 3.88. The second-order valence-corrected chi connectivity index (χ2v) is 9.37. The molecule has 0 bridgehead atoms. The molecule has 0 aliphatic carbocycles. The van der Waals surface area contributed by atoms with Gasteiger partial charge in [0.1, 0.15) is 11.4 Å². The van der Waals surface area contributed by atoms with Gasteiger partial charge in [-0.15, -0.1) is 24.8 Å². The molecular weight excluding hydrogens is 443 g/mol. The highest BCUT2D eigenvalue weighted by molar-refractivity contribution is 5.85. The van der Waals surface area contributed by atoms with Crippen LogP contribution in [0.15, 0.2) is 54.6 Å². The molecule has 0 amide bonds. The third kappa shape index (κ3) is 8.47. The summed E-state index contributed by atoms with van der Waals surface area (Å²) in [6.45, 7) is 10.1. The van der Waals surface area contributed by atoms with E-state index in [9.17, 15) is 5.11 Å². The largest absolute Gasteiger partial charge is 0.488 e. The van der Waals surface area contributed by atoms with Crippen molar-refractivity contribution in [1.82, 2.24) is 4.90 Å². The lowest BCUT2D eigenvalue weighted by atomic mass is 9.88. The summed E-state index contributed by atoms with van der Waals surface area (Å²) in [5, 5.41) is 11.1. The van der Waals surface area contributed by atoms with Crippen LogP contribution in [0.2, 0.25) is 0 Å². The number of piperidine rings is 1. The first-order valence-electron chi connectivity index (χ1n) is 11.3. The number of ether oxygens (including phenoxy) is 1. The van der Waals surface area contributed by atoms with Gasteiger partial charge in [-0.3, -0.25) is 4.90 Å². The van der Waals surface area contributed by atoms with E-state index in [0.717, 1.165) is 63.3 Å². The van der Waals surface area contributed by atoms with Crippen LogP contribution < -0.4 is 9.64 Å². The van der Waals surface area contributed by atoms with Crippen molar-refractivity contribution in [2.75, 3.05) is 31.6 Å². The van der Waals surface area contributed by atoms with Gasteiger partial charge < -0.3 is 14.7 Å². The Morgan fingerprint density at radius 1 is 1.00 bits per heavy atom. The Balaban J connectivity index is 0.00000256. The topological polar surface area (TPSA) is 35.9 Å². The standard InChI is InChI=1S/C26H38N2O2.2ClH/c1-5-25(2,3)30-24-13-11-23(12-14-24)27(4)18-15-26(29)16-19-28(20-17-26)21-22-9-7-6-8-10-22;;/h6-14,29H,5,15-21H2,1-4H3;2*1H. The molecule has 2 aromatic carbocycles. The smallest absolute Gasteiger partial charge is 0.120 e. The van der Waals surface area contributed by atoms with Crippen LogP contribution in [0, 0.1) is 0 Å². The van der Waals surface area contributed by atoms with Crippen molar-refractivity contribution in [3.63, 3.8) is 0 Å². The van der Waals surface area contributed by atoms with Crippen molar-refractivity contribution in [1.29, 1.82) is 0 Å². The van der Waals surface area contributed by atoms with Crippen LogP contribution in [-0.2, 0) is 6.54 Å². The molecule has 1 heterocycles. The summed E-state index contributed by atoms with van der Waals surface area (Å²) in [6.07, 6.45) is 3.44. The summed E-state index contributed by atoms with van der Waals surface area (Å²) < 4.78 is 6.05. The molecule has 3 rings (SSSR count). The molecule has 0 unspecified atom stereocenters. The minimum absolute atomic E-state index is 0. The number of likely N-dealkylation sites (tertiary alicyclic amines) is 1. The van der Waals surface area contributed by atoms with Crippen molar-refractivity contribution in [2.45, 2.75) is 64.2 Å². The lowest BCUT2D eigenvalue weighted by Crippen LogP contribution is -2.45. The van der Waals surface area contributed by atoms with Crippen LogP contribution in [0.25, 0.3) is 0 Å². The molecule has 1 saturated heterocycles. The number of anilines is 1. The Hall–Kier alpha value is -1.46. The van der Waals surface area contributed by atoms with Crippen molar-refractivity contribution >= 4 is 30.5 Å². The highest BCUT2D eigenvalue weighted by Gasteiger charge is 2.32. The normalized spacial score (nSPS) is 15.9. The van der Waals surface area contributed by atoms with E-state index in [0.29, 0.717) is 0 Å². The third-order valence-electron chi connectivity index (χ3n) is 6.47. The van der Waals surface area contributed by atoms with Gasteiger partial charge in [-0.2, -0.15) is 0 Å². The SMILES string of the molecule is CCC(C)(C)Oc1ccc(N(C)CCC2(O)CCN(Cc3ccccc3)CC2)cc1.Cl.Cl. The van der Waals surface area contributed by atoms with Crippen LogP contribution >= 0.6 is 24.8 Å². The van der Waals surface area contributed by atoms with E-state index in [1.807, 2.05) is 12.1 Å². The van der Waals surface area contributed by atoms with Gasteiger partial charge >= 0.3 is 0 Å². The molecular formula is C26H40Cl2N2O2.